The highest BCUT2D eigenvalue weighted by Gasteiger charge is 2.09. The van der Waals surface area contributed by atoms with Crippen LogP contribution in [-0.4, -0.2) is 0 Å². The normalized spacial score (nSPS) is 12.9. The molecule has 0 aliphatic rings. The third kappa shape index (κ3) is 4.33. The Balaban J connectivity index is 2.99. The molecule has 0 spiro atoms. The van der Waals surface area contributed by atoms with Crippen molar-refractivity contribution < 1.29 is 0 Å². The largest absolute Gasteiger partial charge is 0.0753 e. The summed E-state index contributed by atoms with van der Waals surface area (Å²) in [6, 6.07) is 10.7. The molecule has 0 aliphatic carbocycles. The van der Waals surface area contributed by atoms with E-state index in [1.54, 1.807) is 0 Å². The van der Waals surface area contributed by atoms with Crippen molar-refractivity contribution in [2.45, 2.75) is 40.5 Å². The van der Waals surface area contributed by atoms with E-state index in [2.05, 4.69) is 64.1 Å². The molecule has 0 saturated heterocycles. The molecule has 1 aromatic carbocycles. The maximum Gasteiger partial charge on any atom is -0.0197 e. The molecule has 0 unspecified atom stereocenters. The summed E-state index contributed by atoms with van der Waals surface area (Å²) >= 11 is 0. The fraction of sp³-hybridized carbons (Fsp3) is 0.467. The highest BCUT2D eigenvalue weighted by Crippen LogP contribution is 2.26. The van der Waals surface area contributed by atoms with Crippen molar-refractivity contribution in [2.24, 2.45) is 5.41 Å². The van der Waals surface area contributed by atoms with Crippen LogP contribution in [0.15, 0.2) is 36.4 Å². The maximum atomic E-state index is 2.39. The first-order valence-electron chi connectivity index (χ1n) is 5.80. The Morgan fingerprint density at radius 3 is 2.20 bits per heavy atom. The molecule has 0 fully saturated rings. The lowest BCUT2D eigenvalue weighted by Gasteiger charge is -2.16. The monoisotopic (exact) mass is 202 g/mol. The van der Waals surface area contributed by atoms with Gasteiger partial charge in [-0.1, -0.05) is 70.5 Å². The molecular weight excluding hydrogens is 180 g/mol. The topological polar surface area (TPSA) is 0 Å². The zero-order valence-corrected chi connectivity index (χ0v) is 10.4. The van der Waals surface area contributed by atoms with E-state index in [1.807, 2.05) is 0 Å². The molecule has 0 saturated carbocycles. The minimum atomic E-state index is 0.264. The second kappa shape index (κ2) is 5.16. The van der Waals surface area contributed by atoms with Crippen LogP contribution in [0.5, 0.6) is 0 Å². The SMILES string of the molecule is CCC/C(=C/C(C)(C)C)c1ccccc1. The number of hydrogen-bond donors (Lipinski definition) is 0. The van der Waals surface area contributed by atoms with E-state index in [1.165, 1.54) is 24.0 Å². The van der Waals surface area contributed by atoms with E-state index >= 15 is 0 Å². The van der Waals surface area contributed by atoms with Gasteiger partial charge in [-0.3, -0.25) is 0 Å². The van der Waals surface area contributed by atoms with Crippen LogP contribution in [0.3, 0.4) is 0 Å². The van der Waals surface area contributed by atoms with Crippen molar-refractivity contribution in [2.75, 3.05) is 0 Å². The molecule has 0 heterocycles. The summed E-state index contributed by atoms with van der Waals surface area (Å²) in [6.07, 6.45) is 4.77. The molecule has 82 valence electrons. The van der Waals surface area contributed by atoms with E-state index < -0.39 is 0 Å². The highest BCUT2D eigenvalue weighted by molar-refractivity contribution is 5.65. The second-order valence-corrected chi connectivity index (χ2v) is 5.15. The number of allylic oxidation sites excluding steroid dienone is 2. The van der Waals surface area contributed by atoms with E-state index in [9.17, 15) is 0 Å². The first-order valence-corrected chi connectivity index (χ1v) is 5.80. The summed E-state index contributed by atoms with van der Waals surface area (Å²) < 4.78 is 0. The minimum Gasteiger partial charge on any atom is -0.0753 e. The van der Waals surface area contributed by atoms with Gasteiger partial charge in [0.05, 0.1) is 0 Å². The van der Waals surface area contributed by atoms with E-state index in [-0.39, 0.29) is 5.41 Å². The fourth-order valence-corrected chi connectivity index (χ4v) is 1.74. The lowest BCUT2D eigenvalue weighted by molar-refractivity contribution is 0.544. The Labute approximate surface area is 94.0 Å². The van der Waals surface area contributed by atoms with Crippen LogP contribution >= 0.6 is 0 Å². The highest BCUT2D eigenvalue weighted by atomic mass is 14.1. The summed E-state index contributed by atoms with van der Waals surface area (Å²) in [5.41, 5.74) is 3.11. The first kappa shape index (κ1) is 12.0. The third-order valence-electron chi connectivity index (χ3n) is 2.27. The van der Waals surface area contributed by atoms with Crippen molar-refractivity contribution in [3.63, 3.8) is 0 Å². The Kier molecular flexibility index (Phi) is 4.14. The van der Waals surface area contributed by atoms with Crippen LogP contribution in [0.4, 0.5) is 0 Å². The Morgan fingerprint density at radius 1 is 1.13 bits per heavy atom. The Hall–Kier alpha value is -1.04. The van der Waals surface area contributed by atoms with Gasteiger partial charge >= 0.3 is 0 Å². The van der Waals surface area contributed by atoms with Crippen LogP contribution in [0.1, 0.15) is 46.1 Å². The van der Waals surface area contributed by atoms with Crippen molar-refractivity contribution in [1.29, 1.82) is 0 Å². The van der Waals surface area contributed by atoms with Gasteiger partial charge in [0.15, 0.2) is 0 Å². The van der Waals surface area contributed by atoms with Crippen LogP contribution in [-0.2, 0) is 0 Å². The molecule has 0 radical (unpaired) electrons. The maximum absolute atomic E-state index is 2.39. The summed E-state index contributed by atoms with van der Waals surface area (Å²) in [7, 11) is 0. The van der Waals surface area contributed by atoms with Crippen molar-refractivity contribution in [3.05, 3.63) is 42.0 Å². The lowest BCUT2D eigenvalue weighted by Crippen LogP contribution is -2.01. The fourth-order valence-electron chi connectivity index (χ4n) is 1.74. The number of rotatable bonds is 3. The van der Waals surface area contributed by atoms with E-state index in [0.717, 1.165) is 0 Å². The standard InChI is InChI=1S/C15H22/c1-5-9-14(12-15(2,3)4)13-10-7-6-8-11-13/h6-8,10-12H,5,9H2,1-4H3/b14-12-. The van der Waals surface area contributed by atoms with Gasteiger partial charge in [-0.25, -0.2) is 0 Å². The van der Waals surface area contributed by atoms with Gasteiger partial charge in [0.1, 0.15) is 0 Å². The zero-order valence-electron chi connectivity index (χ0n) is 10.4. The third-order valence-corrected chi connectivity index (χ3v) is 2.27. The molecule has 0 amide bonds. The zero-order chi connectivity index (χ0) is 11.3. The van der Waals surface area contributed by atoms with E-state index in [0.29, 0.717) is 0 Å². The van der Waals surface area contributed by atoms with E-state index in [4.69, 9.17) is 0 Å². The lowest BCUT2D eigenvalue weighted by atomic mass is 9.89. The summed E-state index contributed by atoms with van der Waals surface area (Å²) in [6.45, 7) is 9.00. The molecule has 0 nitrogen and oxygen atoms in total. The van der Waals surface area contributed by atoms with Crippen LogP contribution in [0, 0.1) is 5.41 Å². The van der Waals surface area contributed by atoms with Gasteiger partial charge in [0, 0.05) is 0 Å². The average Bonchev–Trinajstić information content (AvgIpc) is 2.17. The molecule has 0 N–H and O–H groups in total. The molecule has 0 aromatic heterocycles. The van der Waals surface area contributed by atoms with Crippen molar-refractivity contribution in [3.8, 4) is 0 Å². The molecule has 15 heavy (non-hydrogen) atoms. The number of hydrogen-bond acceptors (Lipinski definition) is 0. The number of benzene rings is 1. The van der Waals surface area contributed by atoms with Crippen LogP contribution in [0.2, 0.25) is 0 Å². The summed E-state index contributed by atoms with van der Waals surface area (Å²) in [5.74, 6) is 0. The summed E-state index contributed by atoms with van der Waals surface area (Å²) in [4.78, 5) is 0. The smallest absolute Gasteiger partial charge is 0.0197 e. The van der Waals surface area contributed by atoms with Gasteiger partial charge in [-0.2, -0.15) is 0 Å². The molecule has 0 atom stereocenters. The summed E-state index contributed by atoms with van der Waals surface area (Å²) in [5, 5.41) is 0. The predicted molar refractivity (Wildman–Crippen MR) is 68.8 cm³/mol. The van der Waals surface area contributed by atoms with Crippen LogP contribution < -0.4 is 0 Å². The van der Waals surface area contributed by atoms with Gasteiger partial charge < -0.3 is 0 Å². The second-order valence-electron chi connectivity index (χ2n) is 5.15. The molecule has 0 heteroatoms. The predicted octanol–water partition coefficient (Wildman–Crippen LogP) is 4.92. The molecular formula is C15H22. The Bertz CT molecular complexity index is 312. The van der Waals surface area contributed by atoms with Crippen LogP contribution in [0.25, 0.3) is 5.57 Å². The van der Waals surface area contributed by atoms with Crippen molar-refractivity contribution >= 4 is 5.57 Å². The van der Waals surface area contributed by atoms with Gasteiger partial charge in [0.25, 0.3) is 0 Å². The Morgan fingerprint density at radius 2 is 1.73 bits per heavy atom. The van der Waals surface area contributed by atoms with Gasteiger partial charge in [0.2, 0.25) is 0 Å². The quantitative estimate of drug-likeness (QED) is 0.653. The molecule has 0 aliphatic heterocycles. The average molecular weight is 202 g/mol. The van der Waals surface area contributed by atoms with Crippen molar-refractivity contribution in [1.82, 2.24) is 0 Å². The van der Waals surface area contributed by atoms with Gasteiger partial charge in [-0.05, 0) is 23.0 Å². The molecule has 0 bridgehead atoms. The minimum absolute atomic E-state index is 0.264. The molecule has 1 aromatic rings. The van der Waals surface area contributed by atoms with Gasteiger partial charge in [-0.15, -0.1) is 0 Å². The molecule has 1 rings (SSSR count). The first-order chi connectivity index (χ1) is 7.03.